The molecule has 166 valence electrons. The quantitative estimate of drug-likeness (QED) is 0.567. The number of aryl methyl sites for hydroxylation is 1. The van der Waals surface area contributed by atoms with Gasteiger partial charge in [0.2, 0.25) is 0 Å². The Kier molecular flexibility index (Phi) is 5.23. The Morgan fingerprint density at radius 1 is 1.06 bits per heavy atom. The van der Waals surface area contributed by atoms with Crippen molar-refractivity contribution in [3.8, 4) is 5.69 Å². The monoisotopic (exact) mass is 450 g/mol. The molecular formula is C24H26N4O3S. The van der Waals surface area contributed by atoms with Crippen LogP contribution in [-0.4, -0.2) is 48.6 Å². The highest BCUT2D eigenvalue weighted by Gasteiger charge is 2.46. The summed E-state index contributed by atoms with van der Waals surface area (Å²) in [5.74, 6) is -0.0825. The molecule has 5 rings (SSSR count). The zero-order chi connectivity index (χ0) is 22.5. The summed E-state index contributed by atoms with van der Waals surface area (Å²) in [5, 5.41) is 4.64. The second-order valence-electron chi connectivity index (χ2n) is 8.46. The summed E-state index contributed by atoms with van der Waals surface area (Å²) >= 11 is 0. The summed E-state index contributed by atoms with van der Waals surface area (Å²) in [4.78, 5) is 15.8. The first-order valence-corrected chi connectivity index (χ1v) is 12.4. The van der Waals surface area contributed by atoms with Crippen LogP contribution >= 0.6 is 0 Å². The number of aromatic nitrogens is 2. The first-order valence-electron chi connectivity index (χ1n) is 10.9. The van der Waals surface area contributed by atoms with Gasteiger partial charge in [-0.25, -0.2) is 4.68 Å². The summed E-state index contributed by atoms with van der Waals surface area (Å²) < 4.78 is 29.6. The summed E-state index contributed by atoms with van der Waals surface area (Å²) in [6.07, 6.45) is 1.49. The Hall–Kier alpha value is -2.81. The predicted molar refractivity (Wildman–Crippen MR) is 121 cm³/mol. The molecule has 3 heterocycles. The van der Waals surface area contributed by atoms with E-state index in [0.29, 0.717) is 30.1 Å². The number of para-hydroxylation sites is 1. The molecule has 0 radical (unpaired) electrons. The molecule has 0 saturated carbocycles. The van der Waals surface area contributed by atoms with Crippen LogP contribution in [0.5, 0.6) is 0 Å². The van der Waals surface area contributed by atoms with Crippen molar-refractivity contribution in [1.29, 1.82) is 0 Å². The smallest absolute Gasteiger partial charge is 0.273 e. The lowest BCUT2D eigenvalue weighted by molar-refractivity contribution is 0.0548. The van der Waals surface area contributed by atoms with Crippen LogP contribution in [-0.2, 0) is 14.6 Å². The normalized spacial score (nSPS) is 23.2. The van der Waals surface area contributed by atoms with E-state index in [9.17, 15) is 13.6 Å². The number of rotatable bonds is 4. The van der Waals surface area contributed by atoms with Crippen LogP contribution in [0.1, 0.15) is 47.6 Å². The lowest BCUT2D eigenvalue weighted by Crippen LogP contribution is -2.52. The van der Waals surface area contributed by atoms with Crippen molar-refractivity contribution in [3.63, 3.8) is 0 Å². The molecule has 1 amide bonds. The summed E-state index contributed by atoms with van der Waals surface area (Å²) in [6.45, 7) is 4.71. The third-order valence-electron chi connectivity index (χ3n) is 6.51. The Morgan fingerprint density at radius 3 is 2.41 bits per heavy atom. The van der Waals surface area contributed by atoms with Crippen LogP contribution in [0.3, 0.4) is 0 Å². The van der Waals surface area contributed by atoms with E-state index in [0.717, 1.165) is 23.4 Å². The minimum absolute atomic E-state index is 0.0825. The Balaban J connectivity index is 1.45. The van der Waals surface area contributed by atoms with Crippen molar-refractivity contribution in [2.24, 2.45) is 0 Å². The average molecular weight is 451 g/mol. The molecule has 2 aliphatic heterocycles. The number of benzene rings is 2. The van der Waals surface area contributed by atoms with Gasteiger partial charge in [-0.3, -0.25) is 4.79 Å². The number of nitrogens with zero attached hydrogens (tertiary/aromatic N) is 4. The number of carbonyl (C=O) groups excluding carboxylic acids is 1. The van der Waals surface area contributed by atoms with E-state index in [2.05, 4.69) is 5.10 Å². The molecule has 8 heteroatoms. The zero-order valence-electron chi connectivity index (χ0n) is 18.2. The minimum Gasteiger partial charge on any atom is -0.593 e. The molecule has 3 aromatic rings. The molecule has 1 fully saturated rings. The standard InChI is InChI=1S/C24H26N4O3S/c1-17-22-18(2)27(24(29)23(22)28(25-17)19-10-5-3-6-11-19)20-12-9-15-26(16-20)32(30,31)21-13-7-4-8-14-21/h3-8,10-11,13-14,18,20H,9,12,15-16H2,1-2H3. The first kappa shape index (κ1) is 21.1. The maximum atomic E-state index is 13.6. The third-order valence-corrected chi connectivity index (χ3v) is 8.39. The van der Waals surface area contributed by atoms with Gasteiger partial charge >= 0.3 is 0 Å². The number of hydrogen-bond acceptors (Lipinski definition) is 4. The van der Waals surface area contributed by atoms with Crippen molar-refractivity contribution in [3.05, 3.63) is 77.6 Å². The summed E-state index contributed by atoms with van der Waals surface area (Å²) in [5.41, 5.74) is 3.19. The maximum Gasteiger partial charge on any atom is 0.273 e. The molecule has 0 aliphatic carbocycles. The predicted octanol–water partition coefficient (Wildman–Crippen LogP) is 3.77. The molecule has 3 unspecified atom stereocenters. The highest BCUT2D eigenvalue weighted by atomic mass is 32.3. The molecule has 7 nitrogen and oxygen atoms in total. The Labute approximate surface area is 189 Å². The van der Waals surface area contributed by atoms with Crippen LogP contribution < -0.4 is 0 Å². The topological polar surface area (TPSA) is 81.5 Å². The van der Waals surface area contributed by atoms with Crippen LogP contribution in [0, 0.1) is 6.92 Å². The molecule has 2 aromatic carbocycles. The summed E-state index contributed by atoms with van der Waals surface area (Å²) in [6, 6.07) is 17.8. The van der Waals surface area contributed by atoms with Gasteiger partial charge in [-0.2, -0.15) is 5.10 Å². The van der Waals surface area contributed by atoms with Gasteiger partial charge < -0.3 is 9.45 Å². The van der Waals surface area contributed by atoms with E-state index < -0.39 is 10.4 Å². The van der Waals surface area contributed by atoms with Gasteiger partial charge in [0.15, 0.2) is 15.3 Å². The number of piperidine rings is 1. The van der Waals surface area contributed by atoms with E-state index in [4.69, 9.17) is 0 Å². The largest absolute Gasteiger partial charge is 0.593 e. The highest BCUT2D eigenvalue weighted by molar-refractivity contribution is 7.95. The van der Waals surface area contributed by atoms with Gasteiger partial charge in [-0.1, -0.05) is 40.6 Å². The maximum absolute atomic E-state index is 13.6. The number of hydrogen-bond donors (Lipinski definition) is 0. The lowest BCUT2D eigenvalue weighted by Gasteiger charge is -2.39. The van der Waals surface area contributed by atoms with Gasteiger partial charge in [0.1, 0.15) is 5.69 Å². The number of carbonyl (C=O) groups is 1. The fourth-order valence-electron chi connectivity index (χ4n) is 5.03. The third kappa shape index (κ3) is 3.30. The van der Waals surface area contributed by atoms with Crippen LogP contribution in [0.15, 0.2) is 65.6 Å². The summed E-state index contributed by atoms with van der Waals surface area (Å²) in [7, 11) is -3.59. The van der Waals surface area contributed by atoms with Crippen molar-refractivity contribution in [2.45, 2.75) is 43.7 Å². The van der Waals surface area contributed by atoms with Crippen molar-refractivity contribution in [2.75, 3.05) is 13.1 Å². The van der Waals surface area contributed by atoms with Crippen LogP contribution in [0.2, 0.25) is 0 Å². The second kappa shape index (κ2) is 7.95. The van der Waals surface area contributed by atoms with Crippen molar-refractivity contribution in [1.82, 2.24) is 19.0 Å². The molecule has 3 atom stereocenters. The van der Waals surface area contributed by atoms with Gasteiger partial charge in [0, 0.05) is 18.2 Å². The Bertz CT molecular complexity index is 1190. The highest BCUT2D eigenvalue weighted by Crippen LogP contribution is 2.40. The van der Waals surface area contributed by atoms with E-state index in [1.165, 1.54) is 4.31 Å². The first-order chi connectivity index (χ1) is 15.4. The van der Waals surface area contributed by atoms with E-state index in [1.54, 1.807) is 35.0 Å². The fourth-order valence-corrected chi connectivity index (χ4v) is 6.57. The van der Waals surface area contributed by atoms with Gasteiger partial charge in [-0.05, 0) is 51.0 Å². The van der Waals surface area contributed by atoms with E-state index in [-0.39, 0.29) is 18.0 Å². The molecule has 2 aliphatic rings. The molecule has 1 aromatic heterocycles. The number of fused-ring (bicyclic) bond motifs is 1. The average Bonchev–Trinajstić information content (AvgIpc) is 3.30. The SMILES string of the molecule is Cc1nn(-c2ccccc2)c2c1C(C)N(C1CCCN([S+](=O)([O-])c3ccccc3)C1)C2=O. The zero-order valence-corrected chi connectivity index (χ0v) is 19.0. The van der Waals surface area contributed by atoms with Crippen LogP contribution in [0.4, 0.5) is 0 Å². The molecule has 1 saturated heterocycles. The molecule has 0 bridgehead atoms. The van der Waals surface area contributed by atoms with Crippen molar-refractivity contribution < 1.29 is 13.6 Å². The molecule has 0 N–H and O–H groups in total. The van der Waals surface area contributed by atoms with E-state index in [1.807, 2.05) is 49.1 Å². The van der Waals surface area contributed by atoms with Gasteiger partial charge in [0.05, 0.1) is 24.0 Å². The number of sulfonamides is 1. The second-order valence-corrected chi connectivity index (χ2v) is 10.4. The fraction of sp³-hybridized carbons (Fsp3) is 0.333. The van der Waals surface area contributed by atoms with Gasteiger partial charge in [0.25, 0.3) is 5.91 Å². The van der Waals surface area contributed by atoms with Crippen molar-refractivity contribution >= 4 is 16.3 Å². The van der Waals surface area contributed by atoms with E-state index >= 15 is 0 Å². The lowest BCUT2D eigenvalue weighted by atomic mass is 10.0. The molecule has 32 heavy (non-hydrogen) atoms. The molecular weight excluding hydrogens is 424 g/mol. The van der Waals surface area contributed by atoms with Crippen LogP contribution in [0.25, 0.3) is 5.69 Å². The Morgan fingerprint density at radius 2 is 1.72 bits per heavy atom. The number of amides is 1. The molecule has 0 spiro atoms. The van der Waals surface area contributed by atoms with Gasteiger partial charge in [-0.15, -0.1) is 4.31 Å². The minimum atomic E-state index is -3.59.